The van der Waals surface area contributed by atoms with E-state index < -0.39 is 5.97 Å². The van der Waals surface area contributed by atoms with Crippen molar-refractivity contribution in [2.75, 3.05) is 6.61 Å². The van der Waals surface area contributed by atoms with E-state index in [0.717, 1.165) is 19.3 Å². The van der Waals surface area contributed by atoms with Crippen molar-refractivity contribution >= 4 is 5.97 Å². The number of hydrogen-bond donors (Lipinski definition) is 2. The highest BCUT2D eigenvalue weighted by Crippen LogP contribution is 2.14. The summed E-state index contributed by atoms with van der Waals surface area (Å²) in [6.45, 7) is 6.08. The zero-order valence-electron chi connectivity index (χ0n) is 12.5. The van der Waals surface area contributed by atoms with Crippen molar-refractivity contribution in [3.63, 3.8) is 0 Å². The van der Waals surface area contributed by atoms with Gasteiger partial charge in [-0.05, 0) is 12.3 Å². The molecule has 0 saturated heterocycles. The average molecular weight is 260 g/mol. The zero-order chi connectivity index (χ0) is 14.2. The lowest BCUT2D eigenvalue weighted by molar-refractivity contribution is -0.134. The lowest BCUT2D eigenvalue weighted by atomic mass is 10.00. The summed E-state index contributed by atoms with van der Waals surface area (Å²) >= 11 is 0. The van der Waals surface area contributed by atoms with Crippen molar-refractivity contribution in [3.05, 3.63) is 0 Å². The molecule has 0 spiro atoms. The van der Waals surface area contributed by atoms with Gasteiger partial charge in [0.05, 0.1) is 0 Å². The second-order valence-electron chi connectivity index (χ2n) is 5.02. The molecule has 0 aliphatic carbocycles. The Labute approximate surface area is 113 Å². The van der Waals surface area contributed by atoms with Crippen LogP contribution in [0.3, 0.4) is 0 Å². The fraction of sp³-hybridized carbons (Fsp3) is 0.933. The molecule has 0 heterocycles. The van der Waals surface area contributed by atoms with Crippen LogP contribution in [0, 0.1) is 5.92 Å². The SMILES string of the molecule is CC(=O)O.CC[C@H](C)CCCCCCCCCO. The molecule has 1 atom stereocenters. The number of aliphatic carboxylic acids is 1. The first-order valence-electron chi connectivity index (χ1n) is 7.34. The van der Waals surface area contributed by atoms with E-state index in [0.29, 0.717) is 6.61 Å². The molecule has 0 radical (unpaired) electrons. The van der Waals surface area contributed by atoms with Gasteiger partial charge >= 0.3 is 0 Å². The molecule has 0 saturated carbocycles. The van der Waals surface area contributed by atoms with Gasteiger partial charge in [-0.3, -0.25) is 4.79 Å². The highest BCUT2D eigenvalue weighted by atomic mass is 16.4. The first-order valence-corrected chi connectivity index (χ1v) is 7.34. The van der Waals surface area contributed by atoms with Crippen LogP contribution in [-0.2, 0) is 4.79 Å². The third-order valence-electron chi connectivity index (χ3n) is 3.05. The maximum absolute atomic E-state index is 9.00. The number of carboxylic acid groups (broad SMARTS) is 1. The molecule has 110 valence electrons. The van der Waals surface area contributed by atoms with Gasteiger partial charge < -0.3 is 10.2 Å². The predicted molar refractivity (Wildman–Crippen MR) is 76.8 cm³/mol. The van der Waals surface area contributed by atoms with Crippen molar-refractivity contribution in [1.82, 2.24) is 0 Å². The summed E-state index contributed by atoms with van der Waals surface area (Å²) in [5.41, 5.74) is 0. The minimum Gasteiger partial charge on any atom is -0.481 e. The summed E-state index contributed by atoms with van der Waals surface area (Å²) < 4.78 is 0. The Morgan fingerprint density at radius 1 is 1.00 bits per heavy atom. The molecular weight excluding hydrogens is 228 g/mol. The van der Waals surface area contributed by atoms with Crippen molar-refractivity contribution in [3.8, 4) is 0 Å². The fourth-order valence-electron chi connectivity index (χ4n) is 1.69. The Morgan fingerprint density at radius 2 is 1.39 bits per heavy atom. The van der Waals surface area contributed by atoms with Crippen molar-refractivity contribution < 1.29 is 15.0 Å². The smallest absolute Gasteiger partial charge is 0.300 e. The number of rotatable bonds is 10. The highest BCUT2D eigenvalue weighted by Gasteiger charge is 1.97. The van der Waals surface area contributed by atoms with E-state index in [1.807, 2.05) is 0 Å². The van der Waals surface area contributed by atoms with Gasteiger partial charge in [-0.2, -0.15) is 0 Å². The third-order valence-corrected chi connectivity index (χ3v) is 3.05. The number of unbranched alkanes of at least 4 members (excludes halogenated alkanes) is 6. The summed E-state index contributed by atoms with van der Waals surface area (Å²) in [6, 6.07) is 0. The third kappa shape index (κ3) is 24.6. The monoisotopic (exact) mass is 260 g/mol. The Hall–Kier alpha value is -0.570. The van der Waals surface area contributed by atoms with Crippen LogP contribution >= 0.6 is 0 Å². The van der Waals surface area contributed by atoms with Gasteiger partial charge in [0.15, 0.2) is 0 Å². The van der Waals surface area contributed by atoms with Gasteiger partial charge in [0, 0.05) is 13.5 Å². The predicted octanol–water partition coefficient (Wildman–Crippen LogP) is 4.24. The van der Waals surface area contributed by atoms with Gasteiger partial charge in [-0.25, -0.2) is 0 Å². The topological polar surface area (TPSA) is 57.5 Å². The van der Waals surface area contributed by atoms with Gasteiger partial charge in [0.1, 0.15) is 0 Å². The van der Waals surface area contributed by atoms with E-state index >= 15 is 0 Å². The van der Waals surface area contributed by atoms with Gasteiger partial charge in [-0.15, -0.1) is 0 Å². The normalized spacial score (nSPS) is 11.6. The van der Waals surface area contributed by atoms with Gasteiger partial charge in [-0.1, -0.05) is 65.2 Å². The number of aliphatic hydroxyl groups is 1. The maximum Gasteiger partial charge on any atom is 0.300 e. The Kier molecular flexibility index (Phi) is 18.0. The molecule has 0 bridgehead atoms. The Morgan fingerprint density at radius 3 is 1.78 bits per heavy atom. The molecule has 0 aliphatic heterocycles. The average Bonchev–Trinajstić information content (AvgIpc) is 2.31. The molecular formula is C15H32O3. The standard InChI is InChI=1S/C13H28O.C2H4O2/c1-3-13(2)11-9-7-5-4-6-8-10-12-14;1-2(3)4/h13-14H,3-12H2,1-2H3;1H3,(H,3,4)/t13-;/m0./s1. The van der Waals surface area contributed by atoms with Crippen LogP contribution in [0.15, 0.2) is 0 Å². The summed E-state index contributed by atoms with van der Waals surface area (Å²) in [7, 11) is 0. The maximum atomic E-state index is 9.00. The second kappa shape index (κ2) is 16.4. The van der Waals surface area contributed by atoms with Crippen LogP contribution < -0.4 is 0 Å². The Bertz CT molecular complexity index is 165. The summed E-state index contributed by atoms with van der Waals surface area (Å²) in [6.07, 6.45) is 11.8. The highest BCUT2D eigenvalue weighted by molar-refractivity contribution is 5.62. The van der Waals surface area contributed by atoms with Crippen molar-refractivity contribution in [1.29, 1.82) is 0 Å². The van der Waals surface area contributed by atoms with Crippen molar-refractivity contribution in [2.24, 2.45) is 5.92 Å². The molecule has 0 aromatic rings. The van der Waals surface area contributed by atoms with Crippen LogP contribution in [0.25, 0.3) is 0 Å². The summed E-state index contributed by atoms with van der Waals surface area (Å²) in [4.78, 5) is 9.00. The number of carbonyl (C=O) groups is 1. The van der Waals surface area contributed by atoms with E-state index in [1.165, 1.54) is 51.4 Å². The second-order valence-corrected chi connectivity index (χ2v) is 5.02. The van der Waals surface area contributed by atoms with E-state index in [1.54, 1.807) is 0 Å². The zero-order valence-corrected chi connectivity index (χ0v) is 12.5. The molecule has 2 N–H and O–H groups in total. The van der Waals surface area contributed by atoms with E-state index in [4.69, 9.17) is 15.0 Å². The minimum atomic E-state index is -0.833. The quantitative estimate of drug-likeness (QED) is 0.578. The molecule has 0 amide bonds. The number of aliphatic hydroxyl groups excluding tert-OH is 1. The molecule has 0 aromatic carbocycles. The summed E-state index contributed by atoms with van der Waals surface area (Å²) in [5, 5.41) is 16.0. The number of carboxylic acids is 1. The van der Waals surface area contributed by atoms with Crippen LogP contribution in [0.4, 0.5) is 0 Å². The molecule has 3 heteroatoms. The largest absolute Gasteiger partial charge is 0.481 e. The minimum absolute atomic E-state index is 0.369. The summed E-state index contributed by atoms with van der Waals surface area (Å²) in [5.74, 6) is 0.0874. The lowest BCUT2D eigenvalue weighted by Crippen LogP contribution is -1.91. The Balaban J connectivity index is 0. The fourth-order valence-corrected chi connectivity index (χ4v) is 1.69. The van der Waals surface area contributed by atoms with E-state index in [-0.39, 0.29) is 0 Å². The number of hydrogen-bond acceptors (Lipinski definition) is 2. The molecule has 0 rings (SSSR count). The molecule has 0 aliphatic rings. The van der Waals surface area contributed by atoms with Crippen LogP contribution in [0.5, 0.6) is 0 Å². The van der Waals surface area contributed by atoms with Gasteiger partial charge in [0.2, 0.25) is 0 Å². The van der Waals surface area contributed by atoms with Crippen LogP contribution in [-0.4, -0.2) is 22.8 Å². The van der Waals surface area contributed by atoms with Crippen LogP contribution in [0.2, 0.25) is 0 Å². The van der Waals surface area contributed by atoms with Gasteiger partial charge in [0.25, 0.3) is 5.97 Å². The molecule has 0 unspecified atom stereocenters. The molecule has 3 nitrogen and oxygen atoms in total. The van der Waals surface area contributed by atoms with E-state index in [2.05, 4.69) is 13.8 Å². The molecule has 0 fully saturated rings. The molecule has 18 heavy (non-hydrogen) atoms. The van der Waals surface area contributed by atoms with E-state index in [9.17, 15) is 0 Å². The van der Waals surface area contributed by atoms with Crippen LogP contribution in [0.1, 0.15) is 78.6 Å². The first-order chi connectivity index (χ1) is 8.54. The lowest BCUT2D eigenvalue weighted by Gasteiger charge is -2.07. The van der Waals surface area contributed by atoms with Crippen molar-refractivity contribution in [2.45, 2.75) is 78.6 Å². The molecule has 0 aromatic heterocycles. The first kappa shape index (κ1) is 19.8.